The highest BCUT2D eigenvalue weighted by atomic mass is 127. The predicted molar refractivity (Wildman–Crippen MR) is 135 cm³/mol. The van der Waals surface area contributed by atoms with E-state index in [1.54, 1.807) is 18.3 Å². The number of likely N-dealkylation sites (tertiary alicyclic amines) is 1. The Balaban J connectivity index is 0.00000363. The maximum atomic E-state index is 11.7. The van der Waals surface area contributed by atoms with Crippen LogP contribution in [0.3, 0.4) is 0 Å². The topological polar surface area (TPSA) is 88.3 Å². The average Bonchev–Trinajstić information content (AvgIpc) is 3.33. The number of guanidine groups is 1. The van der Waals surface area contributed by atoms with Crippen molar-refractivity contribution in [3.63, 3.8) is 0 Å². The number of ether oxygens (including phenoxy) is 2. The zero-order valence-corrected chi connectivity index (χ0v) is 21.0. The summed E-state index contributed by atoms with van der Waals surface area (Å²) in [6.45, 7) is 2.75. The third-order valence-electron chi connectivity index (χ3n) is 5.34. The molecule has 1 aromatic heterocycles. The first kappa shape index (κ1) is 25.8. The van der Waals surface area contributed by atoms with Gasteiger partial charge in [0.15, 0.2) is 5.96 Å². The number of carbonyl (C=O) groups is 1. The zero-order chi connectivity index (χ0) is 21.9. The molecular weight excluding hydrogens is 523 g/mol. The molecule has 9 heteroatoms. The summed E-state index contributed by atoms with van der Waals surface area (Å²) in [5, 5.41) is 6.97. The van der Waals surface area contributed by atoms with Gasteiger partial charge in [0, 0.05) is 38.6 Å². The maximum absolute atomic E-state index is 11.7. The second kappa shape index (κ2) is 13.9. The van der Waals surface area contributed by atoms with Crippen LogP contribution in [-0.4, -0.2) is 63.4 Å². The number of nitrogens with zero attached hydrogens (tertiary/aromatic N) is 2. The van der Waals surface area contributed by atoms with Gasteiger partial charge in [0.25, 0.3) is 0 Å². The first-order chi connectivity index (χ1) is 15.2. The van der Waals surface area contributed by atoms with Crippen molar-refractivity contribution in [1.82, 2.24) is 15.5 Å². The molecule has 0 bridgehead atoms. The molecule has 3 rings (SSSR count). The predicted octanol–water partition coefficient (Wildman–Crippen LogP) is 3.46. The molecule has 2 aromatic rings. The second-order valence-corrected chi connectivity index (χ2v) is 7.46. The lowest BCUT2D eigenvalue weighted by Crippen LogP contribution is -2.50. The van der Waals surface area contributed by atoms with Gasteiger partial charge in [0.1, 0.15) is 11.5 Å². The van der Waals surface area contributed by atoms with E-state index in [0.717, 1.165) is 49.7 Å². The van der Waals surface area contributed by atoms with Crippen molar-refractivity contribution in [3.8, 4) is 5.75 Å². The number of hydrogen-bond acceptors (Lipinski definition) is 5. The second-order valence-electron chi connectivity index (χ2n) is 7.46. The molecule has 0 saturated carbocycles. The Hall–Kier alpha value is -2.43. The normalized spacial score (nSPS) is 14.4. The standard InChI is InChI=1S/C23H32N4O4.HI/c1-29-20-7-5-18(6-8-20)9-13-24-22(25-14-10-21-4-3-17-31-21)26-19-11-15-27(16-12-19)23(28)30-2;/h3-8,17,19H,9-16H2,1-2H3,(H2,24,25,26);1H. The first-order valence-electron chi connectivity index (χ1n) is 10.7. The van der Waals surface area contributed by atoms with Gasteiger partial charge >= 0.3 is 6.09 Å². The van der Waals surface area contributed by atoms with E-state index < -0.39 is 0 Å². The summed E-state index contributed by atoms with van der Waals surface area (Å²) in [5.41, 5.74) is 1.23. The maximum Gasteiger partial charge on any atom is 0.409 e. The highest BCUT2D eigenvalue weighted by molar-refractivity contribution is 14.0. The zero-order valence-electron chi connectivity index (χ0n) is 18.7. The van der Waals surface area contributed by atoms with Crippen LogP contribution in [0.15, 0.2) is 52.1 Å². The molecule has 2 heterocycles. The highest BCUT2D eigenvalue weighted by Gasteiger charge is 2.23. The molecule has 0 atom stereocenters. The van der Waals surface area contributed by atoms with Gasteiger partial charge in [-0.25, -0.2) is 4.79 Å². The van der Waals surface area contributed by atoms with Crippen molar-refractivity contribution < 1.29 is 18.7 Å². The van der Waals surface area contributed by atoms with Crippen LogP contribution in [0.4, 0.5) is 4.79 Å². The van der Waals surface area contributed by atoms with Crippen molar-refractivity contribution in [2.45, 2.75) is 31.7 Å². The number of amides is 1. The molecule has 1 aromatic carbocycles. The van der Waals surface area contributed by atoms with Gasteiger partial charge in [-0.2, -0.15) is 0 Å². The van der Waals surface area contributed by atoms with Crippen molar-refractivity contribution in [2.24, 2.45) is 4.99 Å². The number of carbonyl (C=O) groups excluding carboxylic acids is 1. The van der Waals surface area contributed by atoms with E-state index in [2.05, 4.69) is 22.8 Å². The van der Waals surface area contributed by atoms with Crippen LogP contribution in [0.5, 0.6) is 5.75 Å². The van der Waals surface area contributed by atoms with Crippen molar-refractivity contribution in [2.75, 3.05) is 40.4 Å². The summed E-state index contributed by atoms with van der Waals surface area (Å²) < 4.78 is 15.4. The van der Waals surface area contributed by atoms with Crippen LogP contribution in [0.25, 0.3) is 0 Å². The molecule has 176 valence electrons. The Morgan fingerprint density at radius 2 is 1.91 bits per heavy atom. The molecule has 1 aliphatic heterocycles. The van der Waals surface area contributed by atoms with Crippen LogP contribution in [0.1, 0.15) is 24.2 Å². The van der Waals surface area contributed by atoms with Gasteiger partial charge in [-0.05, 0) is 49.1 Å². The third-order valence-corrected chi connectivity index (χ3v) is 5.34. The lowest BCUT2D eigenvalue weighted by atomic mass is 10.1. The molecule has 0 radical (unpaired) electrons. The fourth-order valence-electron chi connectivity index (χ4n) is 3.53. The smallest absolute Gasteiger partial charge is 0.409 e. The largest absolute Gasteiger partial charge is 0.497 e. The van der Waals surface area contributed by atoms with Gasteiger partial charge in [-0.3, -0.25) is 4.99 Å². The van der Waals surface area contributed by atoms with Gasteiger partial charge in [-0.15, -0.1) is 24.0 Å². The monoisotopic (exact) mass is 556 g/mol. The van der Waals surface area contributed by atoms with Crippen molar-refractivity contribution in [1.29, 1.82) is 0 Å². The Morgan fingerprint density at radius 3 is 2.53 bits per heavy atom. The van der Waals surface area contributed by atoms with E-state index in [4.69, 9.17) is 18.9 Å². The Labute approximate surface area is 206 Å². The number of aliphatic imine (C=N–C) groups is 1. The average molecular weight is 556 g/mol. The fourth-order valence-corrected chi connectivity index (χ4v) is 3.53. The lowest BCUT2D eigenvalue weighted by molar-refractivity contribution is 0.111. The number of hydrogen-bond donors (Lipinski definition) is 2. The number of rotatable bonds is 8. The molecule has 1 fully saturated rings. The summed E-state index contributed by atoms with van der Waals surface area (Å²) in [4.78, 5) is 18.2. The van der Waals surface area contributed by atoms with E-state index in [1.165, 1.54) is 12.7 Å². The molecule has 0 spiro atoms. The van der Waals surface area contributed by atoms with Crippen LogP contribution >= 0.6 is 24.0 Å². The number of benzene rings is 1. The molecule has 1 aliphatic rings. The third kappa shape index (κ3) is 8.25. The lowest BCUT2D eigenvalue weighted by Gasteiger charge is -2.32. The van der Waals surface area contributed by atoms with Crippen LogP contribution < -0.4 is 15.4 Å². The van der Waals surface area contributed by atoms with E-state index in [0.29, 0.717) is 19.6 Å². The number of nitrogens with one attached hydrogen (secondary N) is 2. The van der Waals surface area contributed by atoms with Crippen LogP contribution in [0.2, 0.25) is 0 Å². The fraction of sp³-hybridized carbons (Fsp3) is 0.478. The number of methoxy groups -OCH3 is 2. The summed E-state index contributed by atoms with van der Waals surface area (Å²) in [7, 11) is 3.09. The first-order valence-corrected chi connectivity index (χ1v) is 10.7. The van der Waals surface area contributed by atoms with Crippen LogP contribution in [-0.2, 0) is 17.6 Å². The summed E-state index contributed by atoms with van der Waals surface area (Å²) >= 11 is 0. The Kier molecular flexibility index (Phi) is 11.2. The quantitative estimate of drug-likeness (QED) is 0.294. The molecule has 0 unspecified atom stereocenters. The van der Waals surface area contributed by atoms with Crippen LogP contribution in [0, 0.1) is 0 Å². The molecular formula is C23H33IN4O4. The molecule has 32 heavy (non-hydrogen) atoms. The molecule has 1 amide bonds. The molecule has 1 saturated heterocycles. The minimum absolute atomic E-state index is 0. The van der Waals surface area contributed by atoms with Crippen molar-refractivity contribution in [3.05, 3.63) is 54.0 Å². The Bertz CT molecular complexity index is 819. The van der Waals surface area contributed by atoms with Gasteiger partial charge in [0.05, 0.1) is 20.5 Å². The SMILES string of the molecule is COC(=O)N1CCC(NC(=NCCc2ccco2)NCCc2ccc(OC)cc2)CC1.I. The molecule has 0 aliphatic carbocycles. The van der Waals surface area contributed by atoms with Gasteiger partial charge in [0.2, 0.25) is 0 Å². The van der Waals surface area contributed by atoms with Crippen molar-refractivity contribution >= 4 is 36.0 Å². The Morgan fingerprint density at radius 1 is 1.16 bits per heavy atom. The molecule has 8 nitrogen and oxygen atoms in total. The minimum atomic E-state index is -0.261. The number of furan rings is 1. The van der Waals surface area contributed by atoms with E-state index in [9.17, 15) is 4.79 Å². The minimum Gasteiger partial charge on any atom is -0.497 e. The van der Waals surface area contributed by atoms with E-state index >= 15 is 0 Å². The summed E-state index contributed by atoms with van der Waals surface area (Å²) in [5.74, 6) is 2.57. The summed E-state index contributed by atoms with van der Waals surface area (Å²) in [6.07, 6.45) is 4.76. The molecule has 2 N–H and O–H groups in total. The van der Waals surface area contributed by atoms with E-state index in [1.807, 2.05) is 24.3 Å². The summed E-state index contributed by atoms with van der Waals surface area (Å²) in [6, 6.07) is 12.2. The van der Waals surface area contributed by atoms with Gasteiger partial charge < -0.3 is 29.4 Å². The van der Waals surface area contributed by atoms with E-state index in [-0.39, 0.29) is 36.1 Å². The number of halogens is 1. The van der Waals surface area contributed by atoms with Gasteiger partial charge in [-0.1, -0.05) is 12.1 Å². The highest BCUT2D eigenvalue weighted by Crippen LogP contribution is 2.12. The number of piperidine rings is 1.